The number of nitrogens with zero attached hydrogens (tertiary/aromatic N) is 1. The van der Waals surface area contributed by atoms with Crippen LogP contribution in [0.3, 0.4) is 0 Å². The quantitative estimate of drug-likeness (QED) is 0.245. The molecule has 12 heteroatoms. The van der Waals surface area contributed by atoms with Crippen LogP contribution in [0, 0.1) is 6.92 Å². The number of anilines is 1. The number of halogens is 1. The highest BCUT2D eigenvalue weighted by Crippen LogP contribution is 2.25. The van der Waals surface area contributed by atoms with E-state index < -0.39 is 21.8 Å². The summed E-state index contributed by atoms with van der Waals surface area (Å²) in [6.45, 7) is 1.73. The van der Waals surface area contributed by atoms with E-state index in [1.807, 2.05) is 6.92 Å². The van der Waals surface area contributed by atoms with E-state index in [4.69, 9.17) is 20.8 Å². The molecule has 3 aromatic rings. The molecule has 0 atom stereocenters. The first-order chi connectivity index (χ1) is 16.2. The van der Waals surface area contributed by atoms with Gasteiger partial charge in [0.15, 0.2) is 0 Å². The van der Waals surface area contributed by atoms with E-state index in [0.29, 0.717) is 22.2 Å². The number of ether oxygens (including phenoxy) is 1. The number of aryl methyl sites for hydroxylation is 1. The minimum atomic E-state index is -3.75. The maximum absolute atomic E-state index is 12.3. The highest BCUT2D eigenvalue weighted by atomic mass is 35.5. The number of hydrogen-bond donors (Lipinski definition) is 3. The molecule has 0 radical (unpaired) electrons. The summed E-state index contributed by atoms with van der Waals surface area (Å²) in [4.78, 5) is 24.2. The largest absolute Gasteiger partial charge is 0.495 e. The zero-order valence-electron chi connectivity index (χ0n) is 18.2. The molecule has 0 bridgehead atoms. The Bertz CT molecular complexity index is 1320. The second-order valence-electron chi connectivity index (χ2n) is 6.94. The maximum Gasteiger partial charge on any atom is 0.329 e. The maximum atomic E-state index is 12.3. The second kappa shape index (κ2) is 11.0. The summed E-state index contributed by atoms with van der Waals surface area (Å²) in [5.74, 6) is -0.971. The van der Waals surface area contributed by atoms with E-state index in [0.717, 1.165) is 5.56 Å². The number of sulfonamides is 1. The molecule has 0 aliphatic carbocycles. The van der Waals surface area contributed by atoms with Gasteiger partial charge in [0.25, 0.3) is 0 Å². The third kappa shape index (κ3) is 6.67. The summed E-state index contributed by atoms with van der Waals surface area (Å²) < 4.78 is 37.6. The number of nitrogens with one attached hydrogen (secondary N) is 3. The van der Waals surface area contributed by atoms with Gasteiger partial charge in [-0.2, -0.15) is 5.10 Å². The Hall–Kier alpha value is -3.67. The molecule has 0 unspecified atom stereocenters. The van der Waals surface area contributed by atoms with Crippen molar-refractivity contribution in [3.63, 3.8) is 0 Å². The highest BCUT2D eigenvalue weighted by molar-refractivity contribution is 7.89. The molecule has 0 aliphatic rings. The van der Waals surface area contributed by atoms with Gasteiger partial charge in [-0.3, -0.25) is 9.59 Å². The van der Waals surface area contributed by atoms with Gasteiger partial charge in [0.1, 0.15) is 17.3 Å². The van der Waals surface area contributed by atoms with Crippen LogP contribution in [-0.4, -0.2) is 33.6 Å². The molecular weight excluding hydrogens is 484 g/mol. The summed E-state index contributed by atoms with van der Waals surface area (Å²) in [7, 11) is -2.30. The number of furan rings is 1. The van der Waals surface area contributed by atoms with Gasteiger partial charge in [0.2, 0.25) is 10.0 Å². The number of methoxy groups -OCH3 is 1. The fourth-order valence-electron chi connectivity index (χ4n) is 2.73. The van der Waals surface area contributed by atoms with E-state index in [2.05, 4.69) is 20.6 Å². The minimum Gasteiger partial charge on any atom is -0.495 e. The number of benzene rings is 2. The molecule has 0 saturated heterocycles. The number of carbonyl (C=O) groups is 2. The van der Waals surface area contributed by atoms with E-state index in [1.54, 1.807) is 24.3 Å². The number of hydrazone groups is 1. The Morgan fingerprint density at radius 3 is 2.53 bits per heavy atom. The van der Waals surface area contributed by atoms with Gasteiger partial charge in [-0.1, -0.05) is 17.7 Å². The van der Waals surface area contributed by atoms with Crippen molar-refractivity contribution in [3.05, 3.63) is 76.7 Å². The average molecular weight is 505 g/mol. The van der Waals surface area contributed by atoms with Crippen molar-refractivity contribution in [2.45, 2.75) is 18.4 Å². The minimum absolute atomic E-state index is 0.0644. The summed E-state index contributed by atoms with van der Waals surface area (Å²) >= 11 is 5.77. The van der Waals surface area contributed by atoms with Crippen LogP contribution < -0.4 is 20.2 Å². The Kier molecular flexibility index (Phi) is 8.05. The van der Waals surface area contributed by atoms with E-state index in [9.17, 15) is 18.0 Å². The van der Waals surface area contributed by atoms with Crippen LogP contribution in [0.15, 0.2) is 69.0 Å². The van der Waals surface area contributed by atoms with Crippen molar-refractivity contribution in [1.82, 2.24) is 10.1 Å². The highest BCUT2D eigenvalue weighted by Gasteiger charge is 2.16. The lowest BCUT2D eigenvalue weighted by Crippen LogP contribution is -2.32. The van der Waals surface area contributed by atoms with Crippen LogP contribution in [0.25, 0.3) is 0 Å². The van der Waals surface area contributed by atoms with Crippen molar-refractivity contribution >= 4 is 45.3 Å². The first kappa shape index (κ1) is 25.0. The lowest BCUT2D eigenvalue weighted by molar-refractivity contribution is -0.136. The molecule has 1 aromatic heterocycles. The third-order valence-electron chi connectivity index (χ3n) is 4.41. The Labute approximate surface area is 201 Å². The van der Waals surface area contributed by atoms with Crippen LogP contribution in [0.1, 0.15) is 17.1 Å². The van der Waals surface area contributed by atoms with Crippen molar-refractivity contribution in [3.8, 4) is 5.75 Å². The molecule has 34 heavy (non-hydrogen) atoms. The molecule has 3 N–H and O–H groups in total. The lowest BCUT2D eigenvalue weighted by Gasteiger charge is -2.10. The van der Waals surface area contributed by atoms with Gasteiger partial charge in [0, 0.05) is 5.02 Å². The molecule has 2 amide bonds. The van der Waals surface area contributed by atoms with Crippen LogP contribution in [0.2, 0.25) is 5.02 Å². The molecule has 2 aromatic carbocycles. The Balaban J connectivity index is 1.52. The van der Waals surface area contributed by atoms with Gasteiger partial charge in [-0.05, 0) is 61.0 Å². The number of hydrogen-bond acceptors (Lipinski definition) is 7. The summed E-state index contributed by atoms with van der Waals surface area (Å²) in [5, 5.41) is 6.56. The van der Waals surface area contributed by atoms with Crippen LogP contribution in [0.4, 0.5) is 5.69 Å². The van der Waals surface area contributed by atoms with Crippen LogP contribution >= 0.6 is 11.6 Å². The summed E-state index contributed by atoms with van der Waals surface area (Å²) in [6, 6.07) is 13.9. The van der Waals surface area contributed by atoms with E-state index >= 15 is 0 Å². The first-order valence-corrected chi connectivity index (χ1v) is 11.7. The van der Waals surface area contributed by atoms with Crippen molar-refractivity contribution in [1.29, 1.82) is 0 Å². The monoisotopic (exact) mass is 504 g/mol. The fourth-order valence-corrected chi connectivity index (χ4v) is 3.85. The molecule has 0 aliphatic heterocycles. The van der Waals surface area contributed by atoms with Crippen molar-refractivity contribution < 1.29 is 27.2 Å². The summed E-state index contributed by atoms with van der Waals surface area (Å²) in [6.07, 6.45) is 1.18. The molecule has 178 valence electrons. The SMILES string of the molecule is COc1ccc(C)cc1NC(=O)C(=O)N/N=C/c1ccc(CNS(=O)(=O)c2ccc(Cl)cc2)o1. The first-order valence-electron chi connectivity index (χ1n) is 9.81. The topological polar surface area (TPSA) is 139 Å². The van der Waals surface area contributed by atoms with Gasteiger partial charge in [0.05, 0.1) is 30.5 Å². The number of rotatable bonds is 8. The standard InChI is InChI=1S/C22H21ClN4O6S/c1-14-3-10-20(32-2)19(11-14)26-21(28)22(29)27-24-12-16-6-7-17(33-16)13-25-34(30,31)18-8-4-15(23)5-9-18/h3-12,25H,13H2,1-2H3,(H,26,28)(H,27,29)/b24-12+. The number of carbonyl (C=O) groups excluding carboxylic acids is 2. The van der Waals surface area contributed by atoms with Crippen LogP contribution in [0.5, 0.6) is 5.75 Å². The van der Waals surface area contributed by atoms with Gasteiger partial charge in [-0.25, -0.2) is 18.6 Å². The van der Waals surface area contributed by atoms with Crippen molar-refractivity contribution in [2.75, 3.05) is 12.4 Å². The predicted octanol–water partition coefficient (Wildman–Crippen LogP) is 2.82. The molecule has 1 heterocycles. The van der Waals surface area contributed by atoms with Crippen molar-refractivity contribution in [2.24, 2.45) is 5.10 Å². The second-order valence-corrected chi connectivity index (χ2v) is 9.14. The van der Waals surface area contributed by atoms with Gasteiger partial charge in [-0.15, -0.1) is 0 Å². The molecule has 0 spiro atoms. The zero-order chi connectivity index (χ0) is 24.7. The predicted molar refractivity (Wildman–Crippen MR) is 126 cm³/mol. The molecular formula is C22H21ClN4O6S. The van der Waals surface area contributed by atoms with Gasteiger partial charge < -0.3 is 14.5 Å². The summed E-state index contributed by atoms with van der Waals surface area (Å²) in [5.41, 5.74) is 3.31. The van der Waals surface area contributed by atoms with E-state index in [1.165, 1.54) is 43.7 Å². The van der Waals surface area contributed by atoms with E-state index in [-0.39, 0.29) is 17.2 Å². The smallest absolute Gasteiger partial charge is 0.329 e. The normalized spacial score (nSPS) is 11.4. The molecule has 0 fully saturated rings. The average Bonchev–Trinajstić information content (AvgIpc) is 3.26. The van der Waals surface area contributed by atoms with Gasteiger partial charge >= 0.3 is 11.8 Å². The molecule has 3 rings (SSSR count). The zero-order valence-corrected chi connectivity index (χ0v) is 19.7. The lowest BCUT2D eigenvalue weighted by atomic mass is 10.2. The van der Waals surface area contributed by atoms with Crippen LogP contribution in [-0.2, 0) is 26.2 Å². The fraction of sp³-hybridized carbons (Fsp3) is 0.136. The third-order valence-corrected chi connectivity index (χ3v) is 6.08. The Morgan fingerprint density at radius 2 is 1.82 bits per heavy atom. The Morgan fingerprint density at radius 1 is 1.09 bits per heavy atom. The molecule has 0 saturated carbocycles. The molecule has 10 nitrogen and oxygen atoms in total. The number of amides is 2.